The molecule has 3 aromatic carbocycles. The Morgan fingerprint density at radius 3 is 2.52 bits per heavy atom. The summed E-state index contributed by atoms with van der Waals surface area (Å²) in [4.78, 5) is 16.0. The number of ether oxygens (including phenoxy) is 1. The van der Waals surface area contributed by atoms with Crippen LogP contribution in [0.2, 0.25) is 5.02 Å². The monoisotopic (exact) mass is 404 g/mol. The minimum absolute atomic E-state index is 0.0245. The number of nitrogens with one attached hydrogen (secondary N) is 2. The molecule has 2 N–H and O–H groups in total. The summed E-state index contributed by atoms with van der Waals surface area (Å²) in [6, 6.07) is 23.2. The number of hydrogen-bond donors (Lipinski definition) is 2. The van der Waals surface area contributed by atoms with E-state index in [2.05, 4.69) is 16.4 Å². The maximum atomic E-state index is 12.7. The molecule has 5 heteroatoms. The second kappa shape index (κ2) is 8.41. The molecule has 146 valence electrons. The fourth-order valence-electron chi connectivity index (χ4n) is 3.56. The van der Waals surface area contributed by atoms with Gasteiger partial charge in [0, 0.05) is 29.6 Å². The average Bonchev–Trinajstić information content (AvgIpc) is 3.18. The van der Waals surface area contributed by atoms with Crippen molar-refractivity contribution >= 4 is 28.4 Å². The highest BCUT2D eigenvalue weighted by molar-refractivity contribution is 6.33. The van der Waals surface area contributed by atoms with E-state index in [1.165, 1.54) is 0 Å². The SMILES string of the molecule is COc1ccc([C@H](CNC(=O)c2ccccc2Cl)c2c[nH]c3ccccc23)cc1. The number of benzene rings is 3. The van der Waals surface area contributed by atoms with Crippen LogP contribution < -0.4 is 10.1 Å². The molecule has 0 aliphatic carbocycles. The van der Waals surface area contributed by atoms with Crippen molar-refractivity contribution in [3.05, 3.63) is 101 Å². The number of H-pyrrole nitrogens is 1. The smallest absolute Gasteiger partial charge is 0.252 e. The van der Waals surface area contributed by atoms with Crippen LogP contribution in [0.1, 0.15) is 27.4 Å². The van der Waals surface area contributed by atoms with E-state index >= 15 is 0 Å². The zero-order valence-corrected chi connectivity index (χ0v) is 16.7. The molecule has 0 aliphatic rings. The molecular weight excluding hydrogens is 384 g/mol. The molecule has 1 amide bonds. The molecule has 4 aromatic rings. The van der Waals surface area contributed by atoms with Crippen molar-refractivity contribution in [2.24, 2.45) is 0 Å². The zero-order valence-electron chi connectivity index (χ0n) is 16.0. The Morgan fingerprint density at radius 1 is 1.03 bits per heavy atom. The van der Waals surface area contributed by atoms with E-state index in [1.54, 1.807) is 25.3 Å². The number of carbonyl (C=O) groups is 1. The van der Waals surface area contributed by atoms with Crippen LogP contribution in [0.25, 0.3) is 10.9 Å². The van der Waals surface area contributed by atoms with Gasteiger partial charge in [0.15, 0.2) is 0 Å². The molecule has 1 atom stereocenters. The Bertz CT molecular complexity index is 1140. The summed E-state index contributed by atoms with van der Waals surface area (Å²) in [6.45, 7) is 0.443. The molecule has 0 unspecified atom stereocenters. The van der Waals surface area contributed by atoms with E-state index in [1.807, 2.05) is 54.7 Å². The first-order valence-corrected chi connectivity index (χ1v) is 9.78. The Kier molecular flexibility index (Phi) is 5.54. The Balaban J connectivity index is 1.66. The first-order valence-electron chi connectivity index (χ1n) is 9.40. The third-order valence-corrected chi connectivity index (χ3v) is 5.43. The number of methoxy groups -OCH3 is 1. The van der Waals surface area contributed by atoms with Gasteiger partial charge in [-0.05, 0) is 41.5 Å². The number of halogens is 1. The topological polar surface area (TPSA) is 54.1 Å². The van der Waals surface area contributed by atoms with E-state index in [0.29, 0.717) is 17.1 Å². The van der Waals surface area contributed by atoms with Crippen LogP contribution in [-0.4, -0.2) is 24.5 Å². The summed E-state index contributed by atoms with van der Waals surface area (Å²) in [5.74, 6) is 0.587. The van der Waals surface area contributed by atoms with Crippen molar-refractivity contribution in [2.45, 2.75) is 5.92 Å². The highest BCUT2D eigenvalue weighted by Crippen LogP contribution is 2.31. The van der Waals surface area contributed by atoms with Crippen LogP contribution >= 0.6 is 11.6 Å². The number of rotatable bonds is 6. The third kappa shape index (κ3) is 3.98. The second-order valence-electron chi connectivity index (χ2n) is 6.81. The largest absolute Gasteiger partial charge is 0.497 e. The van der Waals surface area contributed by atoms with Gasteiger partial charge in [-0.1, -0.05) is 54.1 Å². The predicted octanol–water partition coefficient (Wildman–Crippen LogP) is 5.39. The van der Waals surface area contributed by atoms with Gasteiger partial charge >= 0.3 is 0 Å². The zero-order chi connectivity index (χ0) is 20.2. The summed E-state index contributed by atoms with van der Waals surface area (Å²) in [6.07, 6.45) is 2.02. The number of para-hydroxylation sites is 1. The fourth-order valence-corrected chi connectivity index (χ4v) is 3.78. The van der Waals surface area contributed by atoms with Crippen LogP contribution in [0.15, 0.2) is 79.0 Å². The van der Waals surface area contributed by atoms with E-state index in [4.69, 9.17) is 16.3 Å². The lowest BCUT2D eigenvalue weighted by atomic mass is 9.90. The average molecular weight is 405 g/mol. The molecule has 0 aliphatic heterocycles. The fraction of sp³-hybridized carbons (Fsp3) is 0.125. The number of aromatic nitrogens is 1. The Morgan fingerprint density at radius 2 is 1.76 bits per heavy atom. The number of amides is 1. The molecule has 29 heavy (non-hydrogen) atoms. The molecule has 0 bridgehead atoms. The highest BCUT2D eigenvalue weighted by Gasteiger charge is 2.20. The van der Waals surface area contributed by atoms with Crippen LogP contribution in [0, 0.1) is 0 Å². The van der Waals surface area contributed by atoms with Crippen molar-refractivity contribution in [3.63, 3.8) is 0 Å². The van der Waals surface area contributed by atoms with Crippen molar-refractivity contribution in [1.29, 1.82) is 0 Å². The van der Waals surface area contributed by atoms with E-state index < -0.39 is 0 Å². The van der Waals surface area contributed by atoms with Gasteiger partial charge in [-0.3, -0.25) is 4.79 Å². The van der Waals surface area contributed by atoms with Gasteiger partial charge in [-0.2, -0.15) is 0 Å². The predicted molar refractivity (Wildman–Crippen MR) is 117 cm³/mol. The minimum atomic E-state index is -0.186. The summed E-state index contributed by atoms with van der Waals surface area (Å²) in [5, 5.41) is 4.63. The third-order valence-electron chi connectivity index (χ3n) is 5.10. The van der Waals surface area contributed by atoms with E-state index in [0.717, 1.165) is 27.8 Å². The summed E-state index contributed by atoms with van der Waals surface area (Å²) in [5.41, 5.74) is 3.76. The van der Waals surface area contributed by atoms with Gasteiger partial charge < -0.3 is 15.0 Å². The summed E-state index contributed by atoms with van der Waals surface area (Å²) >= 11 is 6.18. The van der Waals surface area contributed by atoms with Crippen molar-refractivity contribution < 1.29 is 9.53 Å². The lowest BCUT2D eigenvalue weighted by Gasteiger charge is -2.19. The summed E-state index contributed by atoms with van der Waals surface area (Å²) < 4.78 is 5.29. The molecule has 1 heterocycles. The first kappa shape index (κ1) is 19.1. The van der Waals surface area contributed by atoms with Crippen molar-refractivity contribution in [1.82, 2.24) is 10.3 Å². The van der Waals surface area contributed by atoms with Crippen LogP contribution in [-0.2, 0) is 0 Å². The number of carbonyl (C=O) groups excluding carboxylic acids is 1. The first-order chi connectivity index (χ1) is 14.2. The highest BCUT2D eigenvalue weighted by atomic mass is 35.5. The van der Waals surface area contributed by atoms with Crippen molar-refractivity contribution in [3.8, 4) is 5.75 Å². The van der Waals surface area contributed by atoms with Crippen LogP contribution in [0.3, 0.4) is 0 Å². The molecule has 0 fully saturated rings. The van der Waals surface area contributed by atoms with E-state index in [9.17, 15) is 4.79 Å². The molecule has 4 rings (SSSR count). The second-order valence-corrected chi connectivity index (χ2v) is 7.21. The van der Waals surface area contributed by atoms with Crippen molar-refractivity contribution in [2.75, 3.05) is 13.7 Å². The molecule has 0 saturated carbocycles. The number of fused-ring (bicyclic) bond motifs is 1. The maximum absolute atomic E-state index is 12.7. The van der Waals surface area contributed by atoms with Crippen LogP contribution in [0.5, 0.6) is 5.75 Å². The lowest BCUT2D eigenvalue weighted by Crippen LogP contribution is -2.29. The van der Waals surface area contributed by atoms with Gasteiger partial charge in [-0.25, -0.2) is 0 Å². The standard InChI is InChI=1S/C24H21ClN2O2/c1-29-17-12-10-16(11-13-17)20(21-15-26-23-9-5-3-6-18(21)23)14-27-24(28)19-7-2-4-8-22(19)25/h2-13,15,20,26H,14H2,1H3,(H,27,28)/t20-/m0/s1. The minimum Gasteiger partial charge on any atom is -0.497 e. The molecule has 0 saturated heterocycles. The Labute approximate surface area is 174 Å². The molecule has 4 nitrogen and oxygen atoms in total. The molecular formula is C24H21ClN2O2. The van der Waals surface area contributed by atoms with Gasteiger partial charge in [0.05, 0.1) is 17.7 Å². The molecule has 0 spiro atoms. The quantitative estimate of drug-likeness (QED) is 0.452. The Hall–Kier alpha value is -3.24. The number of aromatic amines is 1. The van der Waals surface area contributed by atoms with E-state index in [-0.39, 0.29) is 11.8 Å². The lowest BCUT2D eigenvalue weighted by molar-refractivity contribution is 0.0952. The van der Waals surface area contributed by atoms with Gasteiger partial charge in [-0.15, -0.1) is 0 Å². The number of hydrogen-bond acceptors (Lipinski definition) is 2. The van der Waals surface area contributed by atoms with Gasteiger partial charge in [0.1, 0.15) is 5.75 Å². The maximum Gasteiger partial charge on any atom is 0.252 e. The summed E-state index contributed by atoms with van der Waals surface area (Å²) in [7, 11) is 1.65. The normalized spacial score (nSPS) is 11.9. The van der Waals surface area contributed by atoms with Crippen LogP contribution in [0.4, 0.5) is 0 Å². The van der Waals surface area contributed by atoms with Gasteiger partial charge in [0.25, 0.3) is 5.91 Å². The molecule has 0 radical (unpaired) electrons. The molecule has 1 aromatic heterocycles. The van der Waals surface area contributed by atoms with Gasteiger partial charge in [0.2, 0.25) is 0 Å².